The van der Waals surface area contributed by atoms with Gasteiger partial charge in [0.2, 0.25) is 0 Å². The molecule has 1 nitrogen and oxygen atoms in total. The zero-order valence-electron chi connectivity index (χ0n) is 8.42. The number of terminal acetylenes is 1. The molecule has 0 aliphatic heterocycles. The zero-order chi connectivity index (χ0) is 10.8. The highest BCUT2D eigenvalue weighted by Crippen LogP contribution is 2.25. The molecule has 1 aromatic rings. The van der Waals surface area contributed by atoms with E-state index in [1.807, 2.05) is 13.8 Å². The lowest BCUT2D eigenvalue weighted by Crippen LogP contribution is -2.39. The molecule has 0 heterocycles. The predicted octanol–water partition coefficient (Wildman–Crippen LogP) is 2.06. The highest BCUT2D eigenvalue weighted by Gasteiger charge is 2.26. The Morgan fingerprint density at radius 3 is 2.29 bits per heavy atom. The van der Waals surface area contributed by atoms with E-state index in [-0.39, 0.29) is 17.3 Å². The van der Waals surface area contributed by atoms with Gasteiger partial charge in [0.05, 0.1) is 6.04 Å². The highest BCUT2D eigenvalue weighted by atomic mass is 19.1. The Labute approximate surface area is 84.1 Å². The van der Waals surface area contributed by atoms with Crippen LogP contribution in [0.5, 0.6) is 0 Å². The van der Waals surface area contributed by atoms with Crippen molar-refractivity contribution in [1.82, 2.24) is 0 Å². The maximum atomic E-state index is 12.7. The van der Waals surface area contributed by atoms with Gasteiger partial charge in [0.25, 0.3) is 0 Å². The van der Waals surface area contributed by atoms with Crippen molar-refractivity contribution in [3.63, 3.8) is 0 Å². The maximum absolute atomic E-state index is 12.7. The van der Waals surface area contributed by atoms with Crippen molar-refractivity contribution in [1.29, 1.82) is 0 Å². The third kappa shape index (κ3) is 1.94. The largest absolute Gasteiger partial charge is 0.317 e. The van der Waals surface area contributed by atoms with Crippen LogP contribution in [0.25, 0.3) is 0 Å². The van der Waals surface area contributed by atoms with Crippen molar-refractivity contribution >= 4 is 0 Å². The van der Waals surface area contributed by atoms with Gasteiger partial charge >= 0.3 is 0 Å². The molecule has 14 heavy (non-hydrogen) atoms. The van der Waals surface area contributed by atoms with Gasteiger partial charge in [-0.05, 0) is 17.7 Å². The minimum atomic E-state index is -0.368. The molecule has 1 atom stereocenters. The van der Waals surface area contributed by atoms with Crippen LogP contribution in [-0.2, 0) is 5.41 Å². The molecule has 0 fully saturated rings. The molecule has 74 valence electrons. The van der Waals surface area contributed by atoms with Gasteiger partial charge in [0.1, 0.15) is 5.82 Å². The van der Waals surface area contributed by atoms with E-state index in [4.69, 9.17) is 12.2 Å². The SMILES string of the molecule is C#CC(N)C(C)(C)c1ccc(F)cc1. The van der Waals surface area contributed by atoms with Crippen LogP contribution in [0, 0.1) is 18.2 Å². The fraction of sp³-hybridized carbons (Fsp3) is 0.333. The molecular formula is C12H14FN. The molecule has 0 aliphatic carbocycles. The third-order valence-corrected chi connectivity index (χ3v) is 2.55. The van der Waals surface area contributed by atoms with Crippen molar-refractivity contribution < 1.29 is 4.39 Å². The summed E-state index contributed by atoms with van der Waals surface area (Å²) in [4.78, 5) is 0. The highest BCUT2D eigenvalue weighted by molar-refractivity contribution is 5.29. The summed E-state index contributed by atoms with van der Waals surface area (Å²) in [6.07, 6.45) is 5.28. The van der Waals surface area contributed by atoms with Crippen LogP contribution in [0.2, 0.25) is 0 Å². The zero-order valence-corrected chi connectivity index (χ0v) is 8.42. The normalized spacial score (nSPS) is 13.4. The van der Waals surface area contributed by atoms with E-state index >= 15 is 0 Å². The Kier molecular flexibility index (Phi) is 2.93. The molecule has 0 saturated heterocycles. The van der Waals surface area contributed by atoms with Crippen molar-refractivity contribution in [2.45, 2.75) is 25.3 Å². The van der Waals surface area contributed by atoms with Crippen LogP contribution in [0.15, 0.2) is 24.3 Å². The number of hydrogen-bond acceptors (Lipinski definition) is 1. The van der Waals surface area contributed by atoms with Crippen molar-refractivity contribution in [3.8, 4) is 12.3 Å². The first-order valence-electron chi connectivity index (χ1n) is 4.46. The molecule has 0 saturated carbocycles. The number of benzene rings is 1. The first-order chi connectivity index (χ1) is 6.48. The molecular weight excluding hydrogens is 177 g/mol. The van der Waals surface area contributed by atoms with Gasteiger partial charge in [-0.2, -0.15) is 0 Å². The predicted molar refractivity (Wildman–Crippen MR) is 56.2 cm³/mol. The molecule has 1 rings (SSSR count). The number of hydrogen-bond donors (Lipinski definition) is 1. The van der Waals surface area contributed by atoms with Crippen molar-refractivity contribution in [2.24, 2.45) is 5.73 Å². The molecule has 0 aromatic heterocycles. The second kappa shape index (κ2) is 3.81. The molecule has 0 bridgehead atoms. The lowest BCUT2D eigenvalue weighted by molar-refractivity contribution is 0.475. The molecule has 1 unspecified atom stereocenters. The van der Waals surface area contributed by atoms with E-state index in [0.717, 1.165) is 5.56 Å². The Morgan fingerprint density at radius 2 is 1.86 bits per heavy atom. The first-order valence-corrected chi connectivity index (χ1v) is 4.46. The lowest BCUT2D eigenvalue weighted by Gasteiger charge is -2.28. The van der Waals surface area contributed by atoms with Gasteiger partial charge in [-0.15, -0.1) is 6.42 Å². The fourth-order valence-corrected chi connectivity index (χ4v) is 1.27. The number of rotatable bonds is 2. The molecule has 2 heteroatoms. The van der Waals surface area contributed by atoms with Crippen LogP contribution in [0.4, 0.5) is 4.39 Å². The molecule has 0 radical (unpaired) electrons. The fourth-order valence-electron chi connectivity index (χ4n) is 1.27. The average Bonchev–Trinajstić information content (AvgIpc) is 2.17. The minimum absolute atomic E-state index is 0.251. The van der Waals surface area contributed by atoms with Crippen LogP contribution in [-0.4, -0.2) is 6.04 Å². The first kappa shape index (κ1) is 10.7. The van der Waals surface area contributed by atoms with Gasteiger partial charge in [-0.3, -0.25) is 0 Å². The Morgan fingerprint density at radius 1 is 1.36 bits per heavy atom. The molecule has 0 aliphatic rings. The van der Waals surface area contributed by atoms with Gasteiger partial charge in [-0.25, -0.2) is 4.39 Å². The second-order valence-corrected chi connectivity index (χ2v) is 3.87. The van der Waals surface area contributed by atoms with Crippen LogP contribution in [0.1, 0.15) is 19.4 Å². The van der Waals surface area contributed by atoms with E-state index in [1.165, 1.54) is 12.1 Å². The second-order valence-electron chi connectivity index (χ2n) is 3.87. The Bertz CT molecular complexity index is 346. The van der Waals surface area contributed by atoms with Crippen molar-refractivity contribution in [2.75, 3.05) is 0 Å². The quantitative estimate of drug-likeness (QED) is 0.711. The van der Waals surface area contributed by atoms with Gasteiger partial charge in [0, 0.05) is 5.41 Å². The summed E-state index contributed by atoms with van der Waals surface area (Å²) >= 11 is 0. The lowest BCUT2D eigenvalue weighted by atomic mass is 9.78. The summed E-state index contributed by atoms with van der Waals surface area (Å²) < 4.78 is 12.7. The summed E-state index contributed by atoms with van der Waals surface area (Å²) in [6, 6.07) is 5.90. The van der Waals surface area contributed by atoms with Crippen LogP contribution >= 0.6 is 0 Å². The Hall–Kier alpha value is -1.33. The van der Waals surface area contributed by atoms with Gasteiger partial charge in [-0.1, -0.05) is 31.9 Å². The number of halogens is 1. The summed E-state index contributed by atoms with van der Waals surface area (Å²) in [5, 5.41) is 0. The van der Waals surface area contributed by atoms with E-state index in [0.29, 0.717) is 0 Å². The molecule has 0 spiro atoms. The van der Waals surface area contributed by atoms with Crippen LogP contribution < -0.4 is 5.73 Å². The van der Waals surface area contributed by atoms with E-state index < -0.39 is 0 Å². The maximum Gasteiger partial charge on any atom is 0.123 e. The average molecular weight is 191 g/mol. The van der Waals surface area contributed by atoms with Gasteiger partial charge in [0.15, 0.2) is 0 Å². The topological polar surface area (TPSA) is 26.0 Å². The Balaban J connectivity index is 3.05. The van der Waals surface area contributed by atoms with E-state index in [1.54, 1.807) is 12.1 Å². The minimum Gasteiger partial charge on any atom is -0.317 e. The summed E-state index contributed by atoms with van der Waals surface area (Å²) in [5.41, 5.74) is 6.41. The monoisotopic (exact) mass is 191 g/mol. The standard InChI is InChI=1S/C12H14FN/c1-4-11(14)12(2,3)9-5-7-10(13)8-6-9/h1,5-8,11H,14H2,2-3H3. The molecule has 0 amide bonds. The molecule has 2 N–H and O–H groups in total. The summed E-state index contributed by atoms with van der Waals surface area (Å²) in [6.45, 7) is 3.90. The van der Waals surface area contributed by atoms with E-state index in [2.05, 4.69) is 5.92 Å². The smallest absolute Gasteiger partial charge is 0.123 e. The van der Waals surface area contributed by atoms with Gasteiger partial charge < -0.3 is 5.73 Å². The van der Waals surface area contributed by atoms with Crippen LogP contribution in [0.3, 0.4) is 0 Å². The number of nitrogens with two attached hydrogens (primary N) is 1. The van der Waals surface area contributed by atoms with Crippen molar-refractivity contribution in [3.05, 3.63) is 35.6 Å². The molecule has 1 aromatic carbocycles. The van der Waals surface area contributed by atoms with E-state index in [9.17, 15) is 4.39 Å². The summed E-state index contributed by atoms with van der Waals surface area (Å²) in [5.74, 6) is 2.25. The summed E-state index contributed by atoms with van der Waals surface area (Å²) in [7, 11) is 0. The third-order valence-electron chi connectivity index (χ3n) is 2.55.